The number of aliphatic imine (C=N–C) groups is 1. The number of aromatic nitrogens is 2. The van der Waals surface area contributed by atoms with Gasteiger partial charge in [-0.1, -0.05) is 61.0 Å². The number of nitrogens with zero attached hydrogens (tertiary/aromatic N) is 3. The Morgan fingerprint density at radius 2 is 1.77 bits per heavy atom. The lowest BCUT2D eigenvalue weighted by atomic mass is 9.64. The Morgan fingerprint density at radius 3 is 2.39 bits per heavy atom. The second-order valence-electron chi connectivity index (χ2n) is 8.10. The molecule has 5 nitrogen and oxygen atoms in total. The van der Waals surface area contributed by atoms with Gasteiger partial charge in [0.25, 0.3) is 0 Å². The van der Waals surface area contributed by atoms with Crippen molar-refractivity contribution in [1.82, 2.24) is 20.2 Å². The topological polar surface area (TPSA) is 54.2 Å². The summed E-state index contributed by atoms with van der Waals surface area (Å²) in [6, 6.07) is 19.6. The molecular formula is C25H32IN5. The first-order valence-electron chi connectivity index (χ1n) is 10.9. The highest BCUT2D eigenvalue weighted by molar-refractivity contribution is 14.0. The van der Waals surface area contributed by atoms with Crippen LogP contribution in [0.5, 0.6) is 0 Å². The first-order chi connectivity index (χ1) is 14.8. The summed E-state index contributed by atoms with van der Waals surface area (Å²) < 4.78 is 2.07. The second kappa shape index (κ2) is 11.3. The Hall–Kier alpha value is -2.35. The fourth-order valence-corrected chi connectivity index (χ4v) is 4.07. The number of benzene rings is 2. The van der Waals surface area contributed by atoms with Crippen LogP contribution in [0.1, 0.15) is 42.9 Å². The van der Waals surface area contributed by atoms with Gasteiger partial charge in [0.1, 0.15) is 0 Å². The minimum absolute atomic E-state index is 0. The van der Waals surface area contributed by atoms with Gasteiger partial charge in [-0.3, -0.25) is 0 Å². The predicted molar refractivity (Wildman–Crippen MR) is 138 cm³/mol. The number of rotatable bonds is 8. The third-order valence-corrected chi connectivity index (χ3v) is 6.00. The number of hydrogen-bond donors (Lipinski definition) is 2. The molecule has 0 aliphatic heterocycles. The van der Waals surface area contributed by atoms with Gasteiger partial charge in [0, 0.05) is 37.4 Å². The van der Waals surface area contributed by atoms with Gasteiger partial charge in [-0.2, -0.15) is 0 Å². The molecule has 3 aromatic rings. The molecule has 0 amide bonds. The standard InChI is InChI=1S/C25H31N5.HI/c1-2-27-24(29-19-25(13-6-14-25)23-7-4-3-5-8-23)28-17-21-9-11-22(12-10-21)18-30-16-15-26-20-30;/h3-5,7-12,15-16,20H,2,6,13-14,17-19H2,1H3,(H2,27,28,29);1H. The van der Waals surface area contributed by atoms with E-state index < -0.39 is 0 Å². The van der Waals surface area contributed by atoms with E-state index in [-0.39, 0.29) is 29.4 Å². The maximum absolute atomic E-state index is 4.82. The Kier molecular flexibility index (Phi) is 8.51. The molecule has 1 heterocycles. The molecule has 0 bridgehead atoms. The normalized spacial score (nSPS) is 14.9. The molecule has 1 saturated carbocycles. The summed E-state index contributed by atoms with van der Waals surface area (Å²) in [5.74, 6) is 0.891. The summed E-state index contributed by atoms with van der Waals surface area (Å²) in [5, 5.41) is 7.00. The van der Waals surface area contributed by atoms with Gasteiger partial charge in [0.05, 0.1) is 12.9 Å². The van der Waals surface area contributed by atoms with Crippen LogP contribution in [0.15, 0.2) is 78.3 Å². The van der Waals surface area contributed by atoms with Crippen molar-refractivity contribution in [3.05, 3.63) is 90.0 Å². The van der Waals surface area contributed by atoms with E-state index in [1.807, 2.05) is 18.7 Å². The average molecular weight is 529 g/mol. The van der Waals surface area contributed by atoms with E-state index >= 15 is 0 Å². The molecule has 1 aliphatic rings. The van der Waals surface area contributed by atoms with Gasteiger partial charge >= 0.3 is 0 Å². The molecule has 6 heteroatoms. The Balaban J connectivity index is 0.00000272. The van der Waals surface area contributed by atoms with Gasteiger partial charge < -0.3 is 15.2 Å². The van der Waals surface area contributed by atoms with Gasteiger partial charge in [-0.25, -0.2) is 9.98 Å². The lowest BCUT2D eigenvalue weighted by Gasteiger charge is -2.43. The van der Waals surface area contributed by atoms with E-state index in [9.17, 15) is 0 Å². The lowest BCUT2D eigenvalue weighted by Crippen LogP contribution is -2.48. The predicted octanol–water partition coefficient (Wildman–Crippen LogP) is 4.73. The number of imidazole rings is 1. The monoisotopic (exact) mass is 529 g/mol. The van der Waals surface area contributed by atoms with Crippen LogP contribution in [-0.2, 0) is 18.5 Å². The number of guanidine groups is 1. The van der Waals surface area contributed by atoms with Crippen LogP contribution in [-0.4, -0.2) is 28.6 Å². The van der Waals surface area contributed by atoms with E-state index in [1.54, 1.807) is 0 Å². The van der Waals surface area contributed by atoms with Crippen molar-refractivity contribution in [3.63, 3.8) is 0 Å². The summed E-state index contributed by atoms with van der Waals surface area (Å²) in [6.07, 6.45) is 9.41. The first kappa shape index (κ1) is 23.3. The molecule has 164 valence electrons. The van der Waals surface area contributed by atoms with Crippen molar-refractivity contribution in [2.75, 3.05) is 13.1 Å². The quantitative estimate of drug-likeness (QED) is 0.252. The van der Waals surface area contributed by atoms with E-state index in [0.29, 0.717) is 6.54 Å². The molecular weight excluding hydrogens is 497 g/mol. The molecule has 0 spiro atoms. The molecule has 31 heavy (non-hydrogen) atoms. The van der Waals surface area contributed by atoms with Crippen molar-refractivity contribution < 1.29 is 0 Å². The number of halogens is 1. The zero-order valence-corrected chi connectivity index (χ0v) is 20.5. The van der Waals surface area contributed by atoms with Crippen LogP contribution in [0.3, 0.4) is 0 Å². The van der Waals surface area contributed by atoms with Crippen molar-refractivity contribution in [2.45, 2.75) is 44.7 Å². The Bertz CT molecular complexity index is 932. The van der Waals surface area contributed by atoms with Crippen LogP contribution in [0.2, 0.25) is 0 Å². The number of hydrogen-bond acceptors (Lipinski definition) is 2. The summed E-state index contributed by atoms with van der Waals surface area (Å²) in [4.78, 5) is 8.92. The van der Waals surface area contributed by atoms with E-state index in [1.165, 1.54) is 36.0 Å². The van der Waals surface area contributed by atoms with Crippen molar-refractivity contribution in [3.8, 4) is 0 Å². The maximum Gasteiger partial charge on any atom is 0.191 e. The van der Waals surface area contributed by atoms with Crippen LogP contribution in [0.4, 0.5) is 0 Å². The average Bonchev–Trinajstić information content (AvgIpc) is 3.26. The SMILES string of the molecule is CCNC(=NCc1ccc(Cn2ccnc2)cc1)NCC1(c2ccccc2)CCC1.I. The van der Waals surface area contributed by atoms with Crippen molar-refractivity contribution in [2.24, 2.45) is 4.99 Å². The zero-order valence-electron chi connectivity index (χ0n) is 18.1. The minimum atomic E-state index is 0. The highest BCUT2D eigenvalue weighted by atomic mass is 127. The Morgan fingerprint density at radius 1 is 1.03 bits per heavy atom. The molecule has 4 rings (SSSR count). The highest BCUT2D eigenvalue weighted by Crippen LogP contribution is 2.43. The van der Waals surface area contributed by atoms with Crippen molar-refractivity contribution >= 4 is 29.9 Å². The van der Waals surface area contributed by atoms with E-state index in [0.717, 1.165) is 25.6 Å². The third kappa shape index (κ3) is 6.09. The smallest absolute Gasteiger partial charge is 0.191 e. The molecule has 0 saturated heterocycles. The maximum atomic E-state index is 4.82. The van der Waals surface area contributed by atoms with E-state index in [4.69, 9.17) is 4.99 Å². The van der Waals surface area contributed by atoms with Crippen LogP contribution < -0.4 is 10.6 Å². The lowest BCUT2D eigenvalue weighted by molar-refractivity contribution is 0.244. The summed E-state index contributed by atoms with van der Waals surface area (Å²) >= 11 is 0. The van der Waals surface area contributed by atoms with E-state index in [2.05, 4.69) is 81.7 Å². The fraction of sp³-hybridized carbons (Fsp3) is 0.360. The van der Waals surface area contributed by atoms with Gasteiger partial charge in [-0.05, 0) is 36.5 Å². The first-order valence-corrected chi connectivity index (χ1v) is 10.9. The summed E-state index contributed by atoms with van der Waals surface area (Å²) in [5.41, 5.74) is 4.16. The molecule has 0 unspecified atom stereocenters. The molecule has 2 aromatic carbocycles. The zero-order chi connectivity index (χ0) is 20.7. The van der Waals surface area contributed by atoms with Crippen molar-refractivity contribution in [1.29, 1.82) is 0 Å². The van der Waals surface area contributed by atoms with Gasteiger partial charge in [-0.15, -0.1) is 24.0 Å². The summed E-state index contributed by atoms with van der Waals surface area (Å²) in [6.45, 7) is 5.40. The number of nitrogens with one attached hydrogen (secondary N) is 2. The molecule has 1 aliphatic carbocycles. The van der Waals surface area contributed by atoms with Crippen LogP contribution >= 0.6 is 24.0 Å². The molecule has 2 N–H and O–H groups in total. The van der Waals surface area contributed by atoms with Crippen LogP contribution in [0, 0.1) is 0 Å². The minimum Gasteiger partial charge on any atom is -0.357 e. The molecule has 0 atom stereocenters. The van der Waals surface area contributed by atoms with Crippen LogP contribution in [0.25, 0.3) is 0 Å². The highest BCUT2D eigenvalue weighted by Gasteiger charge is 2.38. The molecule has 1 fully saturated rings. The fourth-order valence-electron chi connectivity index (χ4n) is 4.07. The summed E-state index contributed by atoms with van der Waals surface area (Å²) in [7, 11) is 0. The Labute approximate surface area is 202 Å². The largest absolute Gasteiger partial charge is 0.357 e. The van der Waals surface area contributed by atoms with Gasteiger partial charge in [0.2, 0.25) is 0 Å². The second-order valence-corrected chi connectivity index (χ2v) is 8.10. The molecule has 0 radical (unpaired) electrons. The van der Waals surface area contributed by atoms with Gasteiger partial charge in [0.15, 0.2) is 5.96 Å². The third-order valence-electron chi connectivity index (χ3n) is 6.00. The molecule has 1 aromatic heterocycles.